The molecule has 0 fully saturated rings. The Morgan fingerprint density at radius 1 is 0.672 bits per heavy atom. The smallest absolute Gasteiger partial charge is 0.326 e. The third-order valence-corrected chi connectivity index (χ3v) is 10.2. The van der Waals surface area contributed by atoms with Crippen LogP contribution in [0.1, 0.15) is 56.4 Å². The molecule has 0 bridgehead atoms. The molecule has 0 spiro atoms. The van der Waals surface area contributed by atoms with Crippen LogP contribution in [0.2, 0.25) is 0 Å². The number of guanidine groups is 1. The third-order valence-electron chi connectivity index (χ3n) is 10.2. The molecule has 0 aliphatic heterocycles. The SMILES string of the molecule is CC(C)[C@H](NC(=O)[C@@H](N)CO)C(=O)N[C@@H](CCC(=O)O)C(=O)N[C@@H](Cc1ccccc1)C(=O)N[C@@H](CCCN=C(N)N)C(=O)N[C@@H](Cc1ccc(O)cc1)C(=O)N[C@@H](Cc1cnc[nH]1)C(=O)O. The van der Waals surface area contributed by atoms with E-state index in [0.29, 0.717) is 16.8 Å². The van der Waals surface area contributed by atoms with Gasteiger partial charge in [-0.3, -0.25) is 38.6 Å². The number of phenols is 1. The number of aliphatic hydroxyl groups excluding tert-OH is 1. The van der Waals surface area contributed by atoms with E-state index in [1.54, 1.807) is 44.2 Å². The van der Waals surface area contributed by atoms with Crippen LogP contribution in [0.3, 0.4) is 0 Å². The number of nitrogens with zero attached hydrogens (tertiary/aromatic N) is 2. The Hall–Kier alpha value is -7.60. The summed E-state index contributed by atoms with van der Waals surface area (Å²) in [6.45, 7) is 2.46. The zero-order valence-electron chi connectivity index (χ0n) is 37.0. The van der Waals surface area contributed by atoms with Crippen molar-refractivity contribution in [3.8, 4) is 5.75 Å². The number of aliphatic hydroxyl groups is 1. The lowest BCUT2D eigenvalue weighted by molar-refractivity contribution is -0.142. The topological polar surface area (TPSA) is 409 Å². The van der Waals surface area contributed by atoms with Crippen LogP contribution in [0.15, 0.2) is 72.1 Å². The molecule has 6 amide bonds. The zero-order chi connectivity index (χ0) is 49.6. The third kappa shape index (κ3) is 18.8. The predicted octanol–water partition coefficient (Wildman–Crippen LogP) is -2.97. The summed E-state index contributed by atoms with van der Waals surface area (Å²) in [5.41, 5.74) is 18.0. The normalized spacial score (nSPS) is 14.1. The summed E-state index contributed by atoms with van der Waals surface area (Å²) < 4.78 is 0. The van der Waals surface area contributed by atoms with E-state index in [0.717, 1.165) is 0 Å². The molecule has 24 nitrogen and oxygen atoms in total. The highest BCUT2D eigenvalue weighted by Gasteiger charge is 2.35. The maximum Gasteiger partial charge on any atom is 0.326 e. The van der Waals surface area contributed by atoms with Crippen molar-refractivity contribution in [1.29, 1.82) is 0 Å². The minimum absolute atomic E-state index is 0.00615. The van der Waals surface area contributed by atoms with Gasteiger partial charge in [0.1, 0.15) is 48.0 Å². The fourth-order valence-electron chi connectivity index (χ4n) is 6.49. The molecule has 67 heavy (non-hydrogen) atoms. The van der Waals surface area contributed by atoms with E-state index in [9.17, 15) is 58.8 Å². The molecule has 0 saturated heterocycles. The number of benzene rings is 2. The molecular formula is C43H60N12O12. The molecular weight excluding hydrogens is 877 g/mol. The average Bonchev–Trinajstić information content (AvgIpc) is 3.80. The number of phenolic OH excluding ortho intramolecular Hbond substituents is 1. The molecule has 0 saturated carbocycles. The zero-order valence-corrected chi connectivity index (χ0v) is 37.0. The number of hydrogen-bond donors (Lipinski definition) is 14. The van der Waals surface area contributed by atoms with Crippen LogP contribution in [-0.2, 0) is 57.6 Å². The number of nitrogens with two attached hydrogens (primary N) is 3. The predicted molar refractivity (Wildman–Crippen MR) is 240 cm³/mol. The number of aliphatic imine (C=N–C) groups is 1. The van der Waals surface area contributed by atoms with Gasteiger partial charge in [-0.1, -0.05) is 56.3 Å². The Morgan fingerprint density at radius 2 is 1.19 bits per heavy atom. The highest BCUT2D eigenvalue weighted by Crippen LogP contribution is 2.14. The van der Waals surface area contributed by atoms with Gasteiger partial charge in [0.05, 0.1) is 12.9 Å². The Morgan fingerprint density at radius 3 is 1.70 bits per heavy atom. The monoisotopic (exact) mass is 936 g/mol. The Kier molecular flexibility index (Phi) is 21.7. The maximum atomic E-state index is 14.4. The molecule has 2 aromatic carbocycles. The Balaban J connectivity index is 1.98. The van der Waals surface area contributed by atoms with E-state index in [-0.39, 0.29) is 50.4 Å². The quantitative estimate of drug-likeness (QED) is 0.0196. The van der Waals surface area contributed by atoms with Crippen molar-refractivity contribution in [3.05, 3.63) is 83.9 Å². The minimum Gasteiger partial charge on any atom is -0.508 e. The molecule has 1 heterocycles. The summed E-state index contributed by atoms with van der Waals surface area (Å²) in [7, 11) is 0. The minimum atomic E-state index is -1.57. The summed E-state index contributed by atoms with van der Waals surface area (Å²) in [6, 6.07) is 4.01. The number of aromatic hydroxyl groups is 1. The first-order valence-electron chi connectivity index (χ1n) is 21.3. The first-order chi connectivity index (χ1) is 31.8. The van der Waals surface area contributed by atoms with Crippen LogP contribution >= 0.6 is 0 Å². The number of carbonyl (C=O) groups excluding carboxylic acids is 6. The van der Waals surface area contributed by atoms with Crippen molar-refractivity contribution in [2.45, 2.75) is 101 Å². The van der Waals surface area contributed by atoms with Crippen LogP contribution in [0.4, 0.5) is 0 Å². The fourth-order valence-corrected chi connectivity index (χ4v) is 6.49. The summed E-state index contributed by atoms with van der Waals surface area (Å²) in [4.78, 5) is 117. The number of H-pyrrole nitrogens is 1. The lowest BCUT2D eigenvalue weighted by atomic mass is 10.0. The van der Waals surface area contributed by atoms with Gasteiger partial charge in [0.25, 0.3) is 0 Å². The number of carbonyl (C=O) groups is 8. The number of amides is 6. The second-order valence-electron chi connectivity index (χ2n) is 15.9. The van der Waals surface area contributed by atoms with Crippen LogP contribution in [0.25, 0.3) is 0 Å². The molecule has 17 N–H and O–H groups in total. The Bertz CT molecular complexity index is 2150. The molecule has 0 aliphatic carbocycles. The van der Waals surface area contributed by atoms with E-state index < -0.39 is 115 Å². The number of aromatic amines is 1. The molecule has 0 unspecified atom stereocenters. The molecule has 3 rings (SSSR count). The van der Waals surface area contributed by atoms with Gasteiger partial charge in [0.2, 0.25) is 35.4 Å². The summed E-state index contributed by atoms with van der Waals surface area (Å²) in [5.74, 6) is -9.06. The second kappa shape index (κ2) is 27.0. The van der Waals surface area contributed by atoms with E-state index >= 15 is 0 Å². The number of rotatable bonds is 28. The fraction of sp³-hybridized carbons (Fsp3) is 0.442. The maximum absolute atomic E-state index is 14.4. The number of imidazole rings is 1. The molecule has 1 aromatic heterocycles. The number of carboxylic acids is 2. The highest BCUT2D eigenvalue weighted by atomic mass is 16.4. The van der Waals surface area contributed by atoms with Gasteiger partial charge in [-0.25, -0.2) is 9.78 Å². The molecule has 364 valence electrons. The summed E-state index contributed by atoms with van der Waals surface area (Å²) in [6.07, 6.45) is 1.07. The number of aromatic nitrogens is 2. The van der Waals surface area contributed by atoms with Gasteiger partial charge in [-0.05, 0) is 48.4 Å². The number of hydrogen-bond acceptors (Lipinski definition) is 13. The largest absolute Gasteiger partial charge is 0.508 e. The summed E-state index contributed by atoms with van der Waals surface area (Å²) >= 11 is 0. The van der Waals surface area contributed by atoms with Crippen LogP contribution in [0.5, 0.6) is 5.75 Å². The number of carboxylic acid groups (broad SMARTS) is 2. The van der Waals surface area contributed by atoms with Crippen molar-refractivity contribution < 1.29 is 58.8 Å². The van der Waals surface area contributed by atoms with Crippen LogP contribution in [-0.4, -0.2) is 139 Å². The van der Waals surface area contributed by atoms with Gasteiger partial charge in [0.15, 0.2) is 5.96 Å². The van der Waals surface area contributed by atoms with E-state index in [2.05, 4.69) is 46.9 Å². The van der Waals surface area contributed by atoms with Crippen LogP contribution < -0.4 is 49.1 Å². The number of aliphatic carboxylic acids is 2. The van der Waals surface area contributed by atoms with Crippen LogP contribution in [0, 0.1) is 5.92 Å². The molecule has 3 aromatic rings. The van der Waals surface area contributed by atoms with Gasteiger partial charge in [-0.15, -0.1) is 0 Å². The standard InChI is InChI=1S/C43H60N12O12/c1-23(2)35(55-36(60)28(44)21-56)41(65)51-30(14-15-34(58)59)38(62)53-31(17-24-7-4-3-5-8-24)39(63)50-29(9-6-16-48-43(45)46)37(61)52-32(18-25-10-12-27(57)13-11-25)40(64)54-33(42(66)67)19-26-20-47-22-49-26/h3-5,7-8,10-13,20,22-23,28-33,35,56-57H,6,9,14-19,21,44H2,1-2H3,(H,47,49)(H,50,63)(H,51,65)(H,52,61)(H,53,62)(H,54,64)(H,55,60)(H,58,59)(H,66,67)(H4,45,46,48)/t28-,29-,30-,31-,32-,33-,35-/m0/s1. The lowest BCUT2D eigenvalue weighted by Gasteiger charge is -2.28. The van der Waals surface area contributed by atoms with Crippen molar-refractivity contribution in [1.82, 2.24) is 41.9 Å². The first kappa shape index (κ1) is 53.7. The van der Waals surface area contributed by atoms with Gasteiger partial charge < -0.3 is 74.5 Å². The summed E-state index contributed by atoms with van der Waals surface area (Å²) in [5, 5.41) is 53.8. The van der Waals surface area contributed by atoms with E-state index in [1.165, 1.54) is 36.8 Å². The molecule has 0 aliphatic rings. The Labute approximate surface area is 385 Å². The van der Waals surface area contributed by atoms with Crippen molar-refractivity contribution in [2.24, 2.45) is 28.1 Å². The first-order valence-corrected chi connectivity index (χ1v) is 21.3. The van der Waals surface area contributed by atoms with Gasteiger partial charge >= 0.3 is 11.9 Å². The van der Waals surface area contributed by atoms with Crippen molar-refractivity contribution in [3.63, 3.8) is 0 Å². The van der Waals surface area contributed by atoms with Gasteiger partial charge in [0, 0.05) is 44.1 Å². The lowest BCUT2D eigenvalue weighted by Crippen LogP contribution is -2.61. The number of nitrogens with one attached hydrogen (secondary N) is 7. The van der Waals surface area contributed by atoms with E-state index in [4.69, 9.17) is 17.2 Å². The van der Waals surface area contributed by atoms with Gasteiger partial charge in [-0.2, -0.15) is 0 Å². The van der Waals surface area contributed by atoms with Crippen molar-refractivity contribution in [2.75, 3.05) is 13.2 Å². The molecule has 7 atom stereocenters. The average molecular weight is 937 g/mol. The van der Waals surface area contributed by atoms with Crippen molar-refractivity contribution >= 4 is 53.3 Å². The highest BCUT2D eigenvalue weighted by molar-refractivity contribution is 5.97. The second-order valence-corrected chi connectivity index (χ2v) is 15.9. The molecule has 24 heteroatoms. The van der Waals surface area contributed by atoms with E-state index in [1.807, 2.05) is 0 Å². The molecule has 0 radical (unpaired) electrons.